The van der Waals surface area contributed by atoms with Crippen LogP contribution in [0.2, 0.25) is 0 Å². The molecule has 2 aromatic heterocycles. The zero-order valence-electron chi connectivity index (χ0n) is 10.4. The second kappa shape index (κ2) is 5.22. The first kappa shape index (κ1) is 12.6. The van der Waals surface area contributed by atoms with Crippen molar-refractivity contribution >= 4 is 17.2 Å². The van der Waals surface area contributed by atoms with Gasteiger partial charge in [-0.15, -0.1) is 10.2 Å². The molecule has 0 spiro atoms. The third-order valence-electron chi connectivity index (χ3n) is 2.71. The Balaban J connectivity index is 2.51. The van der Waals surface area contributed by atoms with Crippen LogP contribution in [0, 0.1) is 0 Å². The summed E-state index contributed by atoms with van der Waals surface area (Å²) in [6.07, 6.45) is 3.49. The topological polar surface area (TPSA) is 69.6 Å². The third kappa shape index (κ3) is 2.24. The Morgan fingerprint density at radius 2 is 2.00 bits per heavy atom. The maximum atomic E-state index is 5.66. The Kier molecular flexibility index (Phi) is 3.66. The van der Waals surface area contributed by atoms with Crippen molar-refractivity contribution < 1.29 is 0 Å². The van der Waals surface area contributed by atoms with Crippen molar-refractivity contribution in [2.24, 2.45) is 5.73 Å². The molecular formula is C12H15N5S. The van der Waals surface area contributed by atoms with Crippen molar-refractivity contribution in [2.45, 2.75) is 26.7 Å². The van der Waals surface area contributed by atoms with Crippen molar-refractivity contribution in [1.29, 1.82) is 0 Å². The minimum atomic E-state index is 0.321. The summed E-state index contributed by atoms with van der Waals surface area (Å²) in [6.45, 7) is 4.09. The highest BCUT2D eigenvalue weighted by Crippen LogP contribution is 2.11. The van der Waals surface area contributed by atoms with E-state index in [0.29, 0.717) is 10.9 Å². The van der Waals surface area contributed by atoms with Crippen molar-refractivity contribution in [3.8, 4) is 5.95 Å². The second-order valence-electron chi connectivity index (χ2n) is 3.84. The van der Waals surface area contributed by atoms with Gasteiger partial charge in [0.15, 0.2) is 0 Å². The molecule has 0 aromatic carbocycles. The summed E-state index contributed by atoms with van der Waals surface area (Å²) in [7, 11) is 0. The Morgan fingerprint density at radius 3 is 2.61 bits per heavy atom. The fourth-order valence-electron chi connectivity index (χ4n) is 1.79. The van der Waals surface area contributed by atoms with E-state index >= 15 is 0 Å². The zero-order chi connectivity index (χ0) is 13.1. The number of aryl methyl sites for hydroxylation is 2. The largest absolute Gasteiger partial charge is 0.388 e. The number of hydrogen-bond donors (Lipinski definition) is 1. The van der Waals surface area contributed by atoms with E-state index < -0.39 is 0 Å². The number of rotatable bonds is 4. The molecule has 18 heavy (non-hydrogen) atoms. The molecule has 2 rings (SSSR count). The molecule has 0 bridgehead atoms. The quantitative estimate of drug-likeness (QED) is 0.843. The van der Waals surface area contributed by atoms with Crippen LogP contribution in [0.3, 0.4) is 0 Å². The fraction of sp³-hybridized carbons (Fsp3) is 0.333. The average molecular weight is 261 g/mol. The molecule has 0 aliphatic heterocycles. The van der Waals surface area contributed by atoms with Crippen LogP contribution in [0.5, 0.6) is 0 Å². The lowest BCUT2D eigenvalue weighted by Crippen LogP contribution is -2.17. The number of nitrogens with two attached hydrogens (primary N) is 1. The van der Waals surface area contributed by atoms with Crippen LogP contribution in [0.4, 0.5) is 0 Å². The third-order valence-corrected chi connectivity index (χ3v) is 2.92. The van der Waals surface area contributed by atoms with E-state index in [0.717, 1.165) is 29.9 Å². The van der Waals surface area contributed by atoms with Crippen LogP contribution in [0.1, 0.15) is 30.9 Å². The average Bonchev–Trinajstić information content (AvgIpc) is 2.87. The lowest BCUT2D eigenvalue weighted by atomic mass is 10.2. The molecule has 2 heterocycles. The first-order valence-corrected chi connectivity index (χ1v) is 6.28. The Labute approximate surface area is 111 Å². The van der Waals surface area contributed by atoms with Gasteiger partial charge in [-0.05, 0) is 25.0 Å². The molecule has 0 unspecified atom stereocenters. The van der Waals surface area contributed by atoms with E-state index in [1.165, 1.54) is 0 Å². The predicted molar refractivity (Wildman–Crippen MR) is 73.8 cm³/mol. The van der Waals surface area contributed by atoms with E-state index in [9.17, 15) is 0 Å². The maximum absolute atomic E-state index is 5.66. The molecule has 0 aliphatic carbocycles. The van der Waals surface area contributed by atoms with Gasteiger partial charge < -0.3 is 5.73 Å². The molecule has 2 aromatic rings. The van der Waals surface area contributed by atoms with Gasteiger partial charge in [-0.25, -0.2) is 4.98 Å². The van der Waals surface area contributed by atoms with E-state index in [1.807, 2.05) is 25.3 Å². The van der Waals surface area contributed by atoms with Gasteiger partial charge in [0.05, 0.1) is 17.1 Å². The maximum Gasteiger partial charge on any atom is 0.254 e. The van der Waals surface area contributed by atoms with E-state index in [-0.39, 0.29) is 0 Å². The minimum Gasteiger partial charge on any atom is -0.388 e. The van der Waals surface area contributed by atoms with Crippen LogP contribution >= 0.6 is 12.2 Å². The molecule has 94 valence electrons. The highest BCUT2D eigenvalue weighted by Gasteiger charge is 2.11. The number of thiocarbonyl (C=S) groups is 1. The Hall–Kier alpha value is -1.82. The molecule has 0 aliphatic rings. The van der Waals surface area contributed by atoms with Crippen LogP contribution < -0.4 is 5.73 Å². The van der Waals surface area contributed by atoms with Gasteiger partial charge in [-0.2, -0.15) is 0 Å². The second-order valence-corrected chi connectivity index (χ2v) is 4.28. The summed E-state index contributed by atoms with van der Waals surface area (Å²) < 4.78 is 1.76. The summed E-state index contributed by atoms with van der Waals surface area (Å²) in [5.41, 5.74) is 8.28. The van der Waals surface area contributed by atoms with Crippen LogP contribution in [-0.4, -0.2) is 24.7 Å². The van der Waals surface area contributed by atoms with E-state index in [1.54, 1.807) is 4.57 Å². The molecule has 5 nitrogen and oxygen atoms in total. The van der Waals surface area contributed by atoms with Gasteiger partial charge in [-0.3, -0.25) is 4.57 Å². The molecule has 6 heteroatoms. The molecule has 0 atom stereocenters. The van der Waals surface area contributed by atoms with Gasteiger partial charge in [0.25, 0.3) is 5.95 Å². The van der Waals surface area contributed by atoms with Crippen molar-refractivity contribution in [2.75, 3.05) is 0 Å². The van der Waals surface area contributed by atoms with Crippen LogP contribution in [-0.2, 0) is 12.8 Å². The van der Waals surface area contributed by atoms with Gasteiger partial charge in [-0.1, -0.05) is 26.1 Å². The van der Waals surface area contributed by atoms with Gasteiger partial charge in [0.1, 0.15) is 4.99 Å². The van der Waals surface area contributed by atoms with Crippen LogP contribution in [0.25, 0.3) is 5.95 Å². The van der Waals surface area contributed by atoms with Crippen LogP contribution in [0.15, 0.2) is 18.3 Å². The first-order valence-electron chi connectivity index (χ1n) is 5.87. The standard InChI is InChI=1S/C12H15N5S/c1-3-8-9(4-2)15-16-12(14-8)17-7-5-6-10(17)11(13)18/h5-7H,3-4H2,1-2H3,(H2,13,18). The summed E-state index contributed by atoms with van der Waals surface area (Å²) >= 11 is 4.99. The lowest BCUT2D eigenvalue weighted by molar-refractivity contribution is 0.773. The highest BCUT2D eigenvalue weighted by atomic mass is 32.1. The smallest absolute Gasteiger partial charge is 0.254 e. The molecule has 0 fully saturated rings. The van der Waals surface area contributed by atoms with E-state index in [2.05, 4.69) is 22.1 Å². The summed E-state index contributed by atoms with van der Waals surface area (Å²) in [4.78, 5) is 4.84. The SMILES string of the molecule is CCc1nnc(-n2cccc2C(N)=S)nc1CC. The normalized spacial score (nSPS) is 10.6. The summed E-state index contributed by atoms with van der Waals surface area (Å²) in [6, 6.07) is 3.70. The van der Waals surface area contributed by atoms with Crippen molar-refractivity contribution in [3.05, 3.63) is 35.4 Å². The summed E-state index contributed by atoms with van der Waals surface area (Å²) in [5, 5.41) is 8.34. The number of nitrogens with zero attached hydrogens (tertiary/aromatic N) is 4. The predicted octanol–water partition coefficient (Wildman–Crippen LogP) is 1.42. The monoisotopic (exact) mass is 261 g/mol. The fourth-order valence-corrected chi connectivity index (χ4v) is 1.95. The zero-order valence-corrected chi connectivity index (χ0v) is 11.2. The molecule has 0 saturated carbocycles. The van der Waals surface area contributed by atoms with Crippen molar-refractivity contribution in [3.63, 3.8) is 0 Å². The van der Waals surface area contributed by atoms with Gasteiger partial charge in [0, 0.05) is 6.20 Å². The molecule has 2 N–H and O–H groups in total. The molecule has 0 saturated heterocycles. The summed E-state index contributed by atoms with van der Waals surface area (Å²) in [5.74, 6) is 0.511. The molecule has 0 amide bonds. The van der Waals surface area contributed by atoms with Crippen molar-refractivity contribution in [1.82, 2.24) is 19.7 Å². The Bertz CT molecular complexity index is 576. The van der Waals surface area contributed by atoms with Gasteiger partial charge >= 0.3 is 0 Å². The lowest BCUT2D eigenvalue weighted by Gasteiger charge is -2.08. The highest BCUT2D eigenvalue weighted by molar-refractivity contribution is 7.80. The van der Waals surface area contributed by atoms with Gasteiger partial charge in [0.2, 0.25) is 0 Å². The number of aromatic nitrogens is 4. The Morgan fingerprint density at radius 1 is 1.28 bits per heavy atom. The number of hydrogen-bond acceptors (Lipinski definition) is 4. The minimum absolute atomic E-state index is 0.321. The molecule has 0 radical (unpaired) electrons. The first-order chi connectivity index (χ1) is 8.67. The van der Waals surface area contributed by atoms with E-state index in [4.69, 9.17) is 18.0 Å². The molecular weight excluding hydrogens is 246 g/mol.